The van der Waals surface area contributed by atoms with Crippen LogP contribution >= 0.6 is 22.9 Å². The highest BCUT2D eigenvalue weighted by atomic mass is 35.5. The van der Waals surface area contributed by atoms with Crippen LogP contribution in [0.2, 0.25) is 4.34 Å². The molecular formula is C11H11ClN2O3S. The number of terminal acetylenes is 1. The first-order valence-corrected chi connectivity index (χ1v) is 6.17. The minimum absolute atomic E-state index is 0.0619. The zero-order valence-corrected chi connectivity index (χ0v) is 10.8. The molecule has 1 unspecified atom stereocenters. The SMILES string of the molecule is C#CCC(NC(=O)NCc1ccc(Cl)s1)C(=O)O. The van der Waals surface area contributed by atoms with Crippen LogP contribution in [0, 0.1) is 12.3 Å². The molecule has 0 bridgehead atoms. The molecule has 0 spiro atoms. The van der Waals surface area contributed by atoms with E-state index in [2.05, 4.69) is 16.6 Å². The Labute approximate surface area is 113 Å². The fraction of sp³-hybridized carbons (Fsp3) is 0.273. The molecule has 1 heterocycles. The highest BCUT2D eigenvalue weighted by molar-refractivity contribution is 7.16. The number of urea groups is 1. The van der Waals surface area contributed by atoms with Crippen LogP contribution in [0.25, 0.3) is 0 Å². The van der Waals surface area contributed by atoms with Gasteiger partial charge in [0, 0.05) is 11.3 Å². The number of hydrogen-bond donors (Lipinski definition) is 3. The lowest BCUT2D eigenvalue weighted by Crippen LogP contribution is -2.45. The number of thiophene rings is 1. The van der Waals surface area contributed by atoms with Crippen molar-refractivity contribution in [3.8, 4) is 12.3 Å². The third-order valence-corrected chi connectivity index (χ3v) is 3.21. The molecule has 0 aromatic carbocycles. The van der Waals surface area contributed by atoms with Gasteiger partial charge in [-0.2, -0.15) is 0 Å². The summed E-state index contributed by atoms with van der Waals surface area (Å²) in [6, 6.07) is 1.84. The van der Waals surface area contributed by atoms with Gasteiger partial charge in [0.15, 0.2) is 0 Å². The molecule has 7 heteroatoms. The van der Waals surface area contributed by atoms with Gasteiger partial charge in [0.1, 0.15) is 6.04 Å². The molecule has 0 aliphatic rings. The zero-order chi connectivity index (χ0) is 13.5. The second-order valence-electron chi connectivity index (χ2n) is 3.33. The van der Waals surface area contributed by atoms with Crippen molar-refractivity contribution in [1.29, 1.82) is 0 Å². The summed E-state index contributed by atoms with van der Waals surface area (Å²) in [6.07, 6.45) is 4.95. The lowest BCUT2D eigenvalue weighted by Gasteiger charge is -2.12. The van der Waals surface area contributed by atoms with E-state index in [4.69, 9.17) is 23.1 Å². The molecule has 0 radical (unpaired) electrons. The van der Waals surface area contributed by atoms with Crippen LogP contribution in [-0.2, 0) is 11.3 Å². The van der Waals surface area contributed by atoms with Crippen molar-refractivity contribution >= 4 is 34.9 Å². The number of amides is 2. The third-order valence-electron chi connectivity index (χ3n) is 1.98. The summed E-state index contributed by atoms with van der Waals surface area (Å²) in [7, 11) is 0. The summed E-state index contributed by atoms with van der Waals surface area (Å²) in [4.78, 5) is 23.1. The van der Waals surface area contributed by atoms with Gasteiger partial charge in [0.05, 0.1) is 10.9 Å². The Morgan fingerprint density at radius 2 is 2.28 bits per heavy atom. The maximum atomic E-state index is 11.4. The monoisotopic (exact) mass is 286 g/mol. The van der Waals surface area contributed by atoms with Gasteiger partial charge in [-0.25, -0.2) is 9.59 Å². The molecule has 96 valence electrons. The van der Waals surface area contributed by atoms with Gasteiger partial charge < -0.3 is 15.7 Å². The van der Waals surface area contributed by atoms with Crippen LogP contribution in [0.1, 0.15) is 11.3 Å². The van der Waals surface area contributed by atoms with Crippen molar-refractivity contribution in [1.82, 2.24) is 10.6 Å². The van der Waals surface area contributed by atoms with Crippen molar-refractivity contribution in [2.24, 2.45) is 0 Å². The molecule has 1 aromatic rings. The predicted molar refractivity (Wildman–Crippen MR) is 69.6 cm³/mol. The van der Waals surface area contributed by atoms with Crippen molar-refractivity contribution in [3.63, 3.8) is 0 Å². The minimum atomic E-state index is -1.16. The van der Waals surface area contributed by atoms with Gasteiger partial charge in [0.2, 0.25) is 0 Å². The van der Waals surface area contributed by atoms with Crippen LogP contribution < -0.4 is 10.6 Å². The Bertz CT molecular complexity index is 481. The Kier molecular flexibility index (Phi) is 5.49. The van der Waals surface area contributed by atoms with E-state index in [1.165, 1.54) is 11.3 Å². The first-order chi connectivity index (χ1) is 8.52. The first kappa shape index (κ1) is 14.4. The number of carboxylic acids is 1. The summed E-state index contributed by atoms with van der Waals surface area (Å²) < 4.78 is 0.628. The number of rotatable bonds is 5. The number of nitrogens with one attached hydrogen (secondary N) is 2. The summed E-state index contributed by atoms with van der Waals surface area (Å²) in [5.41, 5.74) is 0. The second kappa shape index (κ2) is 6.89. The third kappa shape index (κ3) is 4.65. The molecule has 2 amide bonds. The van der Waals surface area contributed by atoms with Crippen LogP contribution in [0.3, 0.4) is 0 Å². The van der Waals surface area contributed by atoms with Gasteiger partial charge in [0.25, 0.3) is 0 Å². The fourth-order valence-corrected chi connectivity index (χ4v) is 2.17. The van der Waals surface area contributed by atoms with Crippen LogP contribution in [0.5, 0.6) is 0 Å². The summed E-state index contributed by atoms with van der Waals surface area (Å²) in [5, 5.41) is 13.6. The quantitative estimate of drug-likeness (QED) is 0.721. The average molecular weight is 287 g/mol. The van der Waals surface area contributed by atoms with Gasteiger partial charge in [-0.1, -0.05) is 11.6 Å². The van der Waals surface area contributed by atoms with Gasteiger partial charge in [-0.05, 0) is 12.1 Å². The molecule has 0 saturated heterocycles. The zero-order valence-electron chi connectivity index (χ0n) is 9.27. The average Bonchev–Trinajstić information content (AvgIpc) is 2.72. The van der Waals surface area contributed by atoms with Gasteiger partial charge in [-0.3, -0.25) is 0 Å². The molecule has 5 nitrogen and oxygen atoms in total. The Morgan fingerprint density at radius 3 is 2.78 bits per heavy atom. The van der Waals surface area contributed by atoms with Gasteiger partial charge >= 0.3 is 12.0 Å². The number of hydrogen-bond acceptors (Lipinski definition) is 3. The smallest absolute Gasteiger partial charge is 0.327 e. The highest BCUT2D eigenvalue weighted by Gasteiger charge is 2.18. The molecule has 1 atom stereocenters. The Hall–Kier alpha value is -1.71. The summed E-state index contributed by atoms with van der Waals surface area (Å²) >= 11 is 7.07. The molecule has 1 aromatic heterocycles. The van der Waals surface area contributed by atoms with Crippen LogP contribution in [-0.4, -0.2) is 23.1 Å². The fourth-order valence-electron chi connectivity index (χ4n) is 1.14. The van der Waals surface area contributed by atoms with Crippen molar-refractivity contribution in [3.05, 3.63) is 21.3 Å². The maximum Gasteiger partial charge on any atom is 0.327 e. The highest BCUT2D eigenvalue weighted by Crippen LogP contribution is 2.20. The van der Waals surface area contributed by atoms with Crippen LogP contribution in [0.4, 0.5) is 4.79 Å². The van der Waals surface area contributed by atoms with Crippen LogP contribution in [0.15, 0.2) is 12.1 Å². The molecule has 0 aliphatic carbocycles. The van der Waals surface area contributed by atoms with E-state index in [1.807, 2.05) is 0 Å². The number of carboxylic acid groups (broad SMARTS) is 1. The van der Waals surface area contributed by atoms with E-state index < -0.39 is 18.0 Å². The molecule has 3 N–H and O–H groups in total. The largest absolute Gasteiger partial charge is 0.480 e. The maximum absolute atomic E-state index is 11.4. The summed E-state index contributed by atoms with van der Waals surface area (Å²) in [5.74, 6) is 1.03. The van der Waals surface area contributed by atoms with E-state index in [1.54, 1.807) is 12.1 Å². The number of carbonyl (C=O) groups excluding carboxylic acids is 1. The number of aliphatic carboxylic acids is 1. The summed E-state index contributed by atoms with van der Waals surface area (Å²) in [6.45, 7) is 0.283. The Balaban J connectivity index is 2.41. The predicted octanol–water partition coefficient (Wildman–Crippen LogP) is 1.68. The molecular weight excluding hydrogens is 276 g/mol. The topological polar surface area (TPSA) is 78.4 Å². The minimum Gasteiger partial charge on any atom is -0.480 e. The van der Waals surface area contributed by atoms with Crippen molar-refractivity contribution < 1.29 is 14.7 Å². The van der Waals surface area contributed by atoms with E-state index >= 15 is 0 Å². The second-order valence-corrected chi connectivity index (χ2v) is 5.13. The number of carbonyl (C=O) groups is 2. The molecule has 18 heavy (non-hydrogen) atoms. The van der Waals surface area contributed by atoms with Crippen molar-refractivity contribution in [2.45, 2.75) is 19.0 Å². The lowest BCUT2D eigenvalue weighted by molar-refractivity contribution is -0.139. The van der Waals surface area contributed by atoms with E-state index in [9.17, 15) is 9.59 Å². The first-order valence-electron chi connectivity index (χ1n) is 4.97. The van der Waals surface area contributed by atoms with E-state index in [0.717, 1.165) is 4.88 Å². The standard InChI is InChI=1S/C11H11ClN2O3S/c1-2-3-8(10(15)16)14-11(17)13-6-7-4-5-9(12)18-7/h1,4-5,8H,3,6H2,(H,15,16)(H2,13,14,17). The van der Waals surface area contributed by atoms with Crippen molar-refractivity contribution in [2.75, 3.05) is 0 Å². The van der Waals surface area contributed by atoms with Gasteiger partial charge in [-0.15, -0.1) is 23.7 Å². The van der Waals surface area contributed by atoms with E-state index in [-0.39, 0.29) is 13.0 Å². The molecule has 1 rings (SSSR count). The normalized spacial score (nSPS) is 11.3. The van der Waals surface area contributed by atoms with E-state index in [0.29, 0.717) is 4.34 Å². The lowest BCUT2D eigenvalue weighted by atomic mass is 10.2. The Morgan fingerprint density at radius 1 is 1.56 bits per heavy atom. The molecule has 0 fully saturated rings. The molecule has 0 saturated carbocycles. The number of halogens is 1. The molecule has 0 aliphatic heterocycles.